The first-order chi connectivity index (χ1) is 10.2. The minimum atomic E-state index is 0.167. The van der Waals surface area contributed by atoms with Crippen molar-refractivity contribution in [3.05, 3.63) is 56.7 Å². The van der Waals surface area contributed by atoms with E-state index in [2.05, 4.69) is 46.3 Å². The fraction of sp³-hybridized carbons (Fsp3) is 0.312. The summed E-state index contributed by atoms with van der Waals surface area (Å²) in [7, 11) is 0. The minimum Gasteiger partial charge on any atom is -0.337 e. The summed E-state index contributed by atoms with van der Waals surface area (Å²) >= 11 is 6.88. The van der Waals surface area contributed by atoms with Crippen LogP contribution < -0.4 is 0 Å². The van der Waals surface area contributed by atoms with E-state index in [1.807, 2.05) is 28.1 Å². The lowest BCUT2D eigenvalue weighted by Crippen LogP contribution is -2.32. The van der Waals surface area contributed by atoms with Gasteiger partial charge < -0.3 is 4.90 Å². The van der Waals surface area contributed by atoms with Crippen molar-refractivity contribution in [1.82, 2.24) is 4.90 Å². The SMILES string of the molecule is O=C(c1cc(Br)cs1)N1CCS[C@H](c2ccccc2)CC1. The van der Waals surface area contributed by atoms with Gasteiger partial charge in [0.15, 0.2) is 0 Å². The zero-order valence-electron chi connectivity index (χ0n) is 11.5. The maximum atomic E-state index is 12.5. The third-order valence-electron chi connectivity index (χ3n) is 3.58. The summed E-state index contributed by atoms with van der Waals surface area (Å²) in [5.74, 6) is 1.16. The normalized spacial score (nSPS) is 19.3. The Bertz CT molecular complexity index is 614. The number of hydrogen-bond acceptors (Lipinski definition) is 3. The summed E-state index contributed by atoms with van der Waals surface area (Å²) < 4.78 is 0.988. The number of amides is 1. The molecule has 3 rings (SSSR count). The predicted octanol–water partition coefficient (Wildman–Crippen LogP) is 4.83. The zero-order valence-corrected chi connectivity index (χ0v) is 14.7. The fourth-order valence-corrected chi connectivity index (χ4v) is 5.11. The van der Waals surface area contributed by atoms with Crippen LogP contribution in [0.15, 0.2) is 46.3 Å². The number of carbonyl (C=O) groups excluding carboxylic acids is 1. The van der Waals surface area contributed by atoms with Crippen molar-refractivity contribution < 1.29 is 4.79 Å². The number of halogens is 1. The van der Waals surface area contributed by atoms with Gasteiger partial charge in [0.2, 0.25) is 0 Å². The lowest BCUT2D eigenvalue weighted by Gasteiger charge is -2.19. The summed E-state index contributed by atoms with van der Waals surface area (Å²) in [6.07, 6.45) is 1.02. The summed E-state index contributed by atoms with van der Waals surface area (Å²) in [5.41, 5.74) is 1.37. The van der Waals surface area contributed by atoms with E-state index in [4.69, 9.17) is 0 Å². The molecule has 0 N–H and O–H groups in total. The Labute approximate surface area is 141 Å². The van der Waals surface area contributed by atoms with Crippen LogP contribution in [0.25, 0.3) is 0 Å². The highest BCUT2D eigenvalue weighted by molar-refractivity contribution is 9.10. The molecule has 1 fully saturated rings. The van der Waals surface area contributed by atoms with E-state index < -0.39 is 0 Å². The Morgan fingerprint density at radius 3 is 2.76 bits per heavy atom. The summed E-state index contributed by atoms with van der Waals surface area (Å²) in [6, 6.07) is 12.5. The number of carbonyl (C=O) groups is 1. The number of rotatable bonds is 2. The smallest absolute Gasteiger partial charge is 0.263 e. The van der Waals surface area contributed by atoms with Crippen LogP contribution in [0, 0.1) is 0 Å². The van der Waals surface area contributed by atoms with Gasteiger partial charge in [0.25, 0.3) is 5.91 Å². The monoisotopic (exact) mass is 381 g/mol. The third kappa shape index (κ3) is 3.71. The number of hydrogen-bond donors (Lipinski definition) is 0. The number of benzene rings is 1. The van der Waals surface area contributed by atoms with Gasteiger partial charge in [0.1, 0.15) is 0 Å². The van der Waals surface area contributed by atoms with E-state index in [1.54, 1.807) is 0 Å². The van der Waals surface area contributed by atoms with Crippen molar-refractivity contribution in [2.75, 3.05) is 18.8 Å². The van der Waals surface area contributed by atoms with E-state index in [0.717, 1.165) is 34.6 Å². The number of nitrogens with zero attached hydrogens (tertiary/aromatic N) is 1. The second-order valence-corrected chi connectivity index (χ2v) is 8.12. The van der Waals surface area contributed by atoms with Crippen molar-refractivity contribution in [2.45, 2.75) is 11.7 Å². The first-order valence-corrected chi connectivity index (χ1v) is 9.66. The van der Waals surface area contributed by atoms with Crippen LogP contribution in [0.1, 0.15) is 26.9 Å². The molecule has 0 saturated carbocycles. The molecule has 2 heterocycles. The molecular formula is C16H16BrNOS2. The van der Waals surface area contributed by atoms with Gasteiger partial charge in [-0.3, -0.25) is 4.79 Å². The molecule has 110 valence electrons. The fourth-order valence-electron chi connectivity index (χ4n) is 2.49. The highest BCUT2D eigenvalue weighted by Gasteiger charge is 2.23. The van der Waals surface area contributed by atoms with Gasteiger partial charge in [-0.1, -0.05) is 30.3 Å². The van der Waals surface area contributed by atoms with Gasteiger partial charge in [-0.25, -0.2) is 0 Å². The molecule has 1 amide bonds. The van der Waals surface area contributed by atoms with Crippen molar-refractivity contribution >= 4 is 44.9 Å². The highest BCUT2D eigenvalue weighted by Crippen LogP contribution is 2.34. The van der Waals surface area contributed by atoms with Crippen LogP contribution in [0.4, 0.5) is 0 Å². The molecule has 1 aliphatic heterocycles. The standard InChI is InChI=1S/C16H16BrNOS2/c17-13-10-15(21-11-13)16(19)18-7-6-14(20-9-8-18)12-4-2-1-3-5-12/h1-5,10-11,14H,6-9H2/t14-/m0/s1. The Kier molecular flexibility index (Phi) is 5.03. The van der Waals surface area contributed by atoms with E-state index in [1.165, 1.54) is 16.9 Å². The second-order valence-electron chi connectivity index (χ2n) is 4.98. The Hall–Kier alpha value is -0.780. The van der Waals surface area contributed by atoms with E-state index in [-0.39, 0.29) is 5.91 Å². The maximum Gasteiger partial charge on any atom is 0.263 e. The van der Waals surface area contributed by atoms with Crippen LogP contribution in [-0.2, 0) is 0 Å². The Balaban J connectivity index is 1.67. The van der Waals surface area contributed by atoms with Crippen LogP contribution in [0.3, 0.4) is 0 Å². The van der Waals surface area contributed by atoms with Gasteiger partial charge in [-0.2, -0.15) is 11.8 Å². The lowest BCUT2D eigenvalue weighted by molar-refractivity contribution is 0.0771. The first-order valence-electron chi connectivity index (χ1n) is 6.94. The molecule has 0 radical (unpaired) electrons. The maximum absolute atomic E-state index is 12.5. The van der Waals surface area contributed by atoms with Gasteiger partial charge >= 0.3 is 0 Å². The second kappa shape index (κ2) is 6.99. The van der Waals surface area contributed by atoms with E-state index >= 15 is 0 Å². The van der Waals surface area contributed by atoms with Gasteiger partial charge in [-0.15, -0.1) is 11.3 Å². The van der Waals surface area contributed by atoms with E-state index in [9.17, 15) is 4.79 Å². The topological polar surface area (TPSA) is 20.3 Å². The highest BCUT2D eigenvalue weighted by atomic mass is 79.9. The molecule has 1 saturated heterocycles. The third-order valence-corrected chi connectivity index (χ3v) is 6.59. The average molecular weight is 382 g/mol. The average Bonchev–Trinajstić information content (AvgIpc) is 2.81. The zero-order chi connectivity index (χ0) is 14.7. The molecule has 21 heavy (non-hydrogen) atoms. The number of thioether (sulfide) groups is 1. The summed E-state index contributed by atoms with van der Waals surface area (Å²) in [4.78, 5) is 15.3. The van der Waals surface area contributed by atoms with Crippen LogP contribution >= 0.6 is 39.0 Å². The molecule has 1 atom stereocenters. The predicted molar refractivity (Wildman–Crippen MR) is 94.2 cm³/mol. The molecular weight excluding hydrogens is 366 g/mol. The van der Waals surface area contributed by atoms with Crippen molar-refractivity contribution in [1.29, 1.82) is 0 Å². The molecule has 5 heteroatoms. The summed E-state index contributed by atoms with van der Waals surface area (Å²) in [5, 5.41) is 2.46. The van der Waals surface area contributed by atoms with E-state index in [0.29, 0.717) is 5.25 Å². The Morgan fingerprint density at radius 2 is 2.05 bits per heavy atom. The molecule has 0 spiro atoms. The van der Waals surface area contributed by atoms with Gasteiger partial charge in [0, 0.05) is 33.9 Å². The van der Waals surface area contributed by atoms with Crippen molar-refractivity contribution in [3.8, 4) is 0 Å². The van der Waals surface area contributed by atoms with Crippen LogP contribution in [0.5, 0.6) is 0 Å². The van der Waals surface area contributed by atoms with Gasteiger partial charge in [-0.05, 0) is 34.0 Å². The molecule has 0 unspecified atom stereocenters. The van der Waals surface area contributed by atoms with Gasteiger partial charge in [0.05, 0.1) is 4.88 Å². The molecule has 1 aliphatic rings. The minimum absolute atomic E-state index is 0.167. The first kappa shape index (κ1) is 15.1. The molecule has 2 nitrogen and oxygen atoms in total. The molecule has 1 aromatic carbocycles. The summed E-state index contributed by atoms with van der Waals surface area (Å²) in [6.45, 7) is 1.67. The Morgan fingerprint density at radius 1 is 1.24 bits per heavy atom. The molecule has 1 aromatic heterocycles. The molecule has 2 aromatic rings. The molecule has 0 aliphatic carbocycles. The van der Waals surface area contributed by atoms with Crippen LogP contribution in [0.2, 0.25) is 0 Å². The number of thiophene rings is 1. The lowest BCUT2D eigenvalue weighted by atomic mass is 10.1. The van der Waals surface area contributed by atoms with Crippen molar-refractivity contribution in [2.24, 2.45) is 0 Å². The largest absolute Gasteiger partial charge is 0.337 e. The van der Waals surface area contributed by atoms with Crippen LogP contribution in [-0.4, -0.2) is 29.6 Å². The quantitative estimate of drug-likeness (QED) is 0.742. The molecule has 0 bridgehead atoms. The van der Waals surface area contributed by atoms with Crippen molar-refractivity contribution in [3.63, 3.8) is 0 Å².